The lowest BCUT2D eigenvalue weighted by molar-refractivity contribution is -0.385. The molecule has 1 unspecified atom stereocenters. The van der Waals surface area contributed by atoms with Crippen molar-refractivity contribution in [2.24, 2.45) is 0 Å². The standard InChI is InChI=1S/C30H35NO4SSi/c1-30(2,3)37(4,5)35-20-22(23-13-6-8-15-26(23)31(33)34)12-10-11-21-17-18-28-25(19-21)29(32)24-14-7-9-16-27(24)36-28/h6-9,13-19,22H,10-12,20H2,1-5H3. The lowest BCUT2D eigenvalue weighted by Gasteiger charge is -2.37. The third-order valence-electron chi connectivity index (χ3n) is 7.68. The average molecular weight is 534 g/mol. The van der Waals surface area contributed by atoms with Crippen molar-refractivity contribution in [1.82, 2.24) is 0 Å². The van der Waals surface area contributed by atoms with Gasteiger partial charge in [-0.05, 0) is 67.2 Å². The Morgan fingerprint density at radius 1 is 0.973 bits per heavy atom. The molecule has 0 amide bonds. The van der Waals surface area contributed by atoms with E-state index in [0.29, 0.717) is 6.61 Å². The molecule has 5 nitrogen and oxygen atoms in total. The number of para-hydroxylation sites is 1. The van der Waals surface area contributed by atoms with Crippen LogP contribution < -0.4 is 5.43 Å². The molecule has 1 atom stereocenters. The van der Waals surface area contributed by atoms with Gasteiger partial charge in [0.15, 0.2) is 13.7 Å². The number of benzene rings is 3. The molecule has 0 fully saturated rings. The monoisotopic (exact) mass is 533 g/mol. The summed E-state index contributed by atoms with van der Waals surface area (Å²) in [6.45, 7) is 11.5. The first-order valence-corrected chi connectivity index (χ1v) is 16.5. The molecule has 0 bridgehead atoms. The molecule has 0 saturated heterocycles. The van der Waals surface area contributed by atoms with Crippen LogP contribution in [-0.2, 0) is 10.8 Å². The van der Waals surface area contributed by atoms with Gasteiger partial charge in [-0.15, -0.1) is 11.3 Å². The van der Waals surface area contributed by atoms with E-state index in [1.807, 2.05) is 48.5 Å². The van der Waals surface area contributed by atoms with Gasteiger partial charge in [0, 0.05) is 44.3 Å². The highest BCUT2D eigenvalue weighted by molar-refractivity contribution is 7.24. The molecule has 0 aliphatic rings. The van der Waals surface area contributed by atoms with Gasteiger partial charge in [0.25, 0.3) is 5.69 Å². The molecule has 194 valence electrons. The largest absolute Gasteiger partial charge is 0.416 e. The van der Waals surface area contributed by atoms with E-state index in [9.17, 15) is 14.9 Å². The van der Waals surface area contributed by atoms with Gasteiger partial charge in [-0.3, -0.25) is 14.9 Å². The molecule has 0 radical (unpaired) electrons. The maximum atomic E-state index is 13.1. The number of nitrogens with zero attached hydrogens (tertiary/aromatic N) is 1. The fourth-order valence-corrected chi connectivity index (χ4v) is 6.51. The zero-order chi connectivity index (χ0) is 26.8. The van der Waals surface area contributed by atoms with Gasteiger partial charge in [-0.1, -0.05) is 57.2 Å². The predicted octanol–water partition coefficient (Wildman–Crippen LogP) is 8.45. The van der Waals surface area contributed by atoms with E-state index in [2.05, 4.69) is 39.9 Å². The second kappa shape index (κ2) is 10.9. The van der Waals surface area contributed by atoms with Crippen molar-refractivity contribution in [2.45, 2.75) is 64.1 Å². The Bertz CT molecular complexity index is 1490. The fraction of sp³-hybridized carbons (Fsp3) is 0.367. The number of aryl methyl sites for hydroxylation is 1. The highest BCUT2D eigenvalue weighted by atomic mass is 32.1. The van der Waals surface area contributed by atoms with E-state index in [0.717, 1.165) is 50.6 Å². The molecule has 1 heterocycles. The van der Waals surface area contributed by atoms with Crippen LogP contribution in [0.4, 0.5) is 5.69 Å². The van der Waals surface area contributed by atoms with Crippen LogP contribution >= 0.6 is 11.3 Å². The van der Waals surface area contributed by atoms with E-state index in [1.165, 1.54) is 0 Å². The third-order valence-corrected chi connectivity index (χ3v) is 13.3. The van der Waals surface area contributed by atoms with Gasteiger partial charge in [-0.25, -0.2) is 0 Å². The number of nitro groups is 1. The van der Waals surface area contributed by atoms with Crippen LogP contribution in [0.1, 0.15) is 50.7 Å². The molecular weight excluding hydrogens is 498 g/mol. The second-order valence-corrected chi connectivity index (χ2v) is 17.1. The summed E-state index contributed by atoms with van der Waals surface area (Å²) in [4.78, 5) is 24.6. The topological polar surface area (TPSA) is 69.4 Å². The summed E-state index contributed by atoms with van der Waals surface area (Å²) < 4.78 is 8.53. The molecule has 0 N–H and O–H groups in total. The number of hydrogen-bond donors (Lipinski definition) is 0. The number of hydrogen-bond acceptors (Lipinski definition) is 5. The summed E-state index contributed by atoms with van der Waals surface area (Å²) in [5, 5.41) is 13.4. The molecule has 7 heteroatoms. The van der Waals surface area contributed by atoms with Gasteiger partial charge in [0.1, 0.15) is 0 Å². The Morgan fingerprint density at radius 3 is 2.38 bits per heavy atom. The van der Waals surface area contributed by atoms with E-state index in [-0.39, 0.29) is 27.0 Å². The average Bonchev–Trinajstić information content (AvgIpc) is 2.86. The molecule has 0 aliphatic carbocycles. The van der Waals surface area contributed by atoms with Crippen LogP contribution in [0.25, 0.3) is 20.2 Å². The van der Waals surface area contributed by atoms with Crippen LogP contribution in [0.15, 0.2) is 71.5 Å². The van der Waals surface area contributed by atoms with Gasteiger partial charge in [0.05, 0.1) is 4.92 Å². The van der Waals surface area contributed by atoms with Crippen LogP contribution in [0, 0.1) is 10.1 Å². The van der Waals surface area contributed by atoms with Gasteiger partial charge < -0.3 is 4.43 Å². The summed E-state index contributed by atoms with van der Waals surface area (Å²) in [5.74, 6) is -0.0718. The zero-order valence-corrected chi connectivity index (χ0v) is 24.1. The lowest BCUT2D eigenvalue weighted by Crippen LogP contribution is -2.41. The van der Waals surface area contributed by atoms with Gasteiger partial charge in [0.2, 0.25) is 0 Å². The minimum atomic E-state index is -2.01. The number of fused-ring (bicyclic) bond motifs is 2. The molecule has 0 aliphatic heterocycles. The molecule has 4 rings (SSSR count). The van der Waals surface area contributed by atoms with Crippen molar-refractivity contribution >= 4 is 45.5 Å². The summed E-state index contributed by atoms with van der Waals surface area (Å²) in [7, 11) is -2.01. The molecule has 0 spiro atoms. The van der Waals surface area contributed by atoms with E-state index >= 15 is 0 Å². The lowest BCUT2D eigenvalue weighted by atomic mass is 9.92. The third kappa shape index (κ3) is 6.00. The van der Waals surface area contributed by atoms with Crippen molar-refractivity contribution in [3.63, 3.8) is 0 Å². The maximum absolute atomic E-state index is 13.1. The Hall–Kier alpha value is -2.87. The molecule has 37 heavy (non-hydrogen) atoms. The highest BCUT2D eigenvalue weighted by Gasteiger charge is 2.38. The summed E-state index contributed by atoms with van der Waals surface area (Å²) in [6, 6.07) is 20.9. The Kier molecular flexibility index (Phi) is 7.97. The zero-order valence-electron chi connectivity index (χ0n) is 22.2. The molecular formula is C30H35NO4SSi. The molecule has 0 saturated carbocycles. The fourth-order valence-electron chi connectivity index (χ4n) is 4.41. The van der Waals surface area contributed by atoms with E-state index in [1.54, 1.807) is 23.5 Å². The highest BCUT2D eigenvalue weighted by Crippen LogP contribution is 2.39. The summed E-state index contributed by atoms with van der Waals surface area (Å²) >= 11 is 1.64. The molecule has 3 aromatic carbocycles. The van der Waals surface area contributed by atoms with E-state index < -0.39 is 8.32 Å². The predicted molar refractivity (Wildman–Crippen MR) is 158 cm³/mol. The first-order chi connectivity index (χ1) is 17.5. The van der Waals surface area contributed by atoms with Crippen molar-refractivity contribution in [1.29, 1.82) is 0 Å². The van der Waals surface area contributed by atoms with Crippen LogP contribution in [0.2, 0.25) is 18.1 Å². The number of rotatable bonds is 9. The molecule has 4 aromatic rings. The Morgan fingerprint density at radius 2 is 1.65 bits per heavy atom. The van der Waals surface area contributed by atoms with Crippen LogP contribution in [-0.4, -0.2) is 19.8 Å². The smallest absolute Gasteiger partial charge is 0.272 e. The Balaban J connectivity index is 1.56. The second-order valence-electron chi connectivity index (χ2n) is 11.2. The quantitative estimate of drug-likeness (QED) is 0.0936. The number of nitro benzene ring substituents is 1. The van der Waals surface area contributed by atoms with Gasteiger partial charge in [-0.2, -0.15) is 0 Å². The first kappa shape index (κ1) is 27.2. The van der Waals surface area contributed by atoms with Crippen molar-refractivity contribution in [3.8, 4) is 0 Å². The minimum absolute atomic E-state index is 0.0620. The SMILES string of the molecule is CC(C)(C)[Si](C)(C)OCC(CCCc1ccc2sc3ccccc3c(=O)c2c1)c1ccccc1[N+](=O)[O-]. The summed E-state index contributed by atoms with van der Waals surface area (Å²) in [5.41, 5.74) is 2.08. The van der Waals surface area contributed by atoms with Crippen LogP contribution in [0.5, 0.6) is 0 Å². The molecule has 1 aromatic heterocycles. The minimum Gasteiger partial charge on any atom is -0.416 e. The first-order valence-electron chi connectivity index (χ1n) is 12.8. The summed E-state index contributed by atoms with van der Waals surface area (Å²) in [6.07, 6.45) is 2.40. The van der Waals surface area contributed by atoms with Gasteiger partial charge >= 0.3 is 0 Å². The van der Waals surface area contributed by atoms with Crippen molar-refractivity contribution in [2.75, 3.05) is 6.61 Å². The van der Waals surface area contributed by atoms with E-state index in [4.69, 9.17) is 4.43 Å². The normalized spacial score (nSPS) is 13.2. The van der Waals surface area contributed by atoms with Crippen molar-refractivity contribution < 1.29 is 9.35 Å². The van der Waals surface area contributed by atoms with Crippen molar-refractivity contribution in [3.05, 3.63) is 98.2 Å². The van der Waals surface area contributed by atoms with Crippen LogP contribution in [0.3, 0.4) is 0 Å². The maximum Gasteiger partial charge on any atom is 0.272 e. The Labute approximate surface area is 223 Å².